The number of nitro groups is 1. The number of hydrogen-bond donors (Lipinski definition) is 2. The SMILES string of the molecule is COc1cc(/C=N\Nc2ncccc2[N+](=O)[O-])cc(I)c1OCC(=O)Nc1ccccc1. The number of anilines is 2. The summed E-state index contributed by atoms with van der Waals surface area (Å²) in [6, 6.07) is 15.3. The Hall–Kier alpha value is -3.74. The minimum atomic E-state index is -0.545. The normalized spacial score (nSPS) is 10.6. The van der Waals surface area contributed by atoms with Crippen molar-refractivity contribution in [2.75, 3.05) is 24.5 Å². The Morgan fingerprint density at radius 1 is 1.25 bits per heavy atom. The largest absolute Gasteiger partial charge is 0.493 e. The number of nitrogens with zero attached hydrogens (tertiary/aromatic N) is 3. The average Bonchev–Trinajstić information content (AvgIpc) is 2.79. The lowest BCUT2D eigenvalue weighted by Crippen LogP contribution is -2.20. The predicted octanol–water partition coefficient (Wildman–Crippen LogP) is 4.07. The molecule has 0 saturated heterocycles. The molecule has 0 aliphatic carbocycles. The van der Waals surface area contributed by atoms with Crippen LogP contribution in [0.3, 0.4) is 0 Å². The van der Waals surface area contributed by atoms with Gasteiger partial charge < -0.3 is 14.8 Å². The van der Waals surface area contributed by atoms with Crippen LogP contribution in [0.5, 0.6) is 11.5 Å². The van der Waals surface area contributed by atoms with Gasteiger partial charge in [-0.2, -0.15) is 5.10 Å². The van der Waals surface area contributed by atoms with Crippen LogP contribution in [0.25, 0.3) is 0 Å². The Morgan fingerprint density at radius 3 is 2.75 bits per heavy atom. The Labute approximate surface area is 196 Å². The zero-order valence-corrected chi connectivity index (χ0v) is 19.0. The Bertz CT molecular complexity index is 1140. The van der Waals surface area contributed by atoms with Crippen LogP contribution in [-0.2, 0) is 4.79 Å². The molecule has 2 aromatic carbocycles. The van der Waals surface area contributed by atoms with Gasteiger partial charge in [-0.3, -0.25) is 20.3 Å². The molecule has 1 amide bonds. The first-order valence-corrected chi connectivity index (χ1v) is 10.3. The summed E-state index contributed by atoms with van der Waals surface area (Å²) >= 11 is 2.06. The molecule has 0 saturated carbocycles. The van der Waals surface area contributed by atoms with Gasteiger partial charge in [0.1, 0.15) is 0 Å². The fraction of sp³-hybridized carbons (Fsp3) is 0.0952. The van der Waals surface area contributed by atoms with E-state index >= 15 is 0 Å². The second-order valence-corrected chi connectivity index (χ2v) is 7.40. The number of rotatable bonds is 9. The van der Waals surface area contributed by atoms with E-state index in [-0.39, 0.29) is 24.0 Å². The third-order valence-corrected chi connectivity index (χ3v) is 4.83. The van der Waals surface area contributed by atoms with Gasteiger partial charge in [-0.05, 0) is 58.5 Å². The molecule has 0 fully saturated rings. The van der Waals surface area contributed by atoms with Gasteiger partial charge in [-0.15, -0.1) is 0 Å². The summed E-state index contributed by atoms with van der Waals surface area (Å²) in [5.41, 5.74) is 3.71. The zero-order valence-electron chi connectivity index (χ0n) is 16.8. The molecule has 0 aliphatic rings. The van der Waals surface area contributed by atoms with Crippen LogP contribution in [0, 0.1) is 13.7 Å². The number of benzene rings is 2. The molecule has 0 atom stereocenters. The lowest BCUT2D eigenvalue weighted by atomic mass is 10.2. The summed E-state index contributed by atoms with van der Waals surface area (Å²) in [5, 5.41) is 17.8. The average molecular weight is 547 g/mol. The fourth-order valence-electron chi connectivity index (χ4n) is 2.61. The third kappa shape index (κ3) is 6.14. The van der Waals surface area contributed by atoms with Crippen LogP contribution < -0.4 is 20.2 Å². The van der Waals surface area contributed by atoms with E-state index in [9.17, 15) is 14.9 Å². The molecule has 3 rings (SSSR count). The van der Waals surface area contributed by atoms with Crippen LogP contribution in [-0.4, -0.2) is 35.7 Å². The van der Waals surface area contributed by atoms with E-state index in [1.54, 1.807) is 24.3 Å². The summed E-state index contributed by atoms with van der Waals surface area (Å²) in [5.74, 6) is 0.553. The Balaban J connectivity index is 1.67. The highest BCUT2D eigenvalue weighted by atomic mass is 127. The van der Waals surface area contributed by atoms with E-state index in [2.05, 4.69) is 43.4 Å². The molecule has 1 heterocycles. The molecule has 0 spiro atoms. The molecule has 2 N–H and O–H groups in total. The molecule has 0 bridgehead atoms. The van der Waals surface area contributed by atoms with Gasteiger partial charge in [-0.1, -0.05) is 18.2 Å². The maximum Gasteiger partial charge on any atom is 0.313 e. The molecule has 3 aromatic rings. The highest BCUT2D eigenvalue weighted by Crippen LogP contribution is 2.33. The van der Waals surface area contributed by atoms with Gasteiger partial charge in [0.25, 0.3) is 5.91 Å². The molecule has 164 valence electrons. The molecule has 0 radical (unpaired) electrons. The summed E-state index contributed by atoms with van der Waals surface area (Å²) < 4.78 is 11.8. The van der Waals surface area contributed by atoms with Crippen molar-refractivity contribution in [1.29, 1.82) is 0 Å². The lowest BCUT2D eigenvalue weighted by Gasteiger charge is -2.13. The highest BCUT2D eigenvalue weighted by Gasteiger charge is 2.15. The van der Waals surface area contributed by atoms with Gasteiger partial charge in [-0.25, -0.2) is 4.98 Å². The molecule has 11 heteroatoms. The number of hydrazone groups is 1. The summed E-state index contributed by atoms with van der Waals surface area (Å²) in [4.78, 5) is 26.6. The van der Waals surface area contributed by atoms with E-state index in [0.717, 1.165) is 0 Å². The molecule has 0 aliphatic heterocycles. The minimum absolute atomic E-state index is 0.0276. The third-order valence-electron chi connectivity index (χ3n) is 4.02. The van der Waals surface area contributed by atoms with E-state index < -0.39 is 4.92 Å². The number of hydrogen-bond acceptors (Lipinski definition) is 8. The van der Waals surface area contributed by atoms with E-state index in [1.165, 1.54) is 31.7 Å². The number of aromatic nitrogens is 1. The van der Waals surface area contributed by atoms with Crippen molar-refractivity contribution in [3.63, 3.8) is 0 Å². The monoisotopic (exact) mass is 547 g/mol. The molecule has 0 unspecified atom stereocenters. The first-order valence-electron chi connectivity index (χ1n) is 9.21. The van der Waals surface area contributed by atoms with Gasteiger partial charge in [0.15, 0.2) is 18.1 Å². The number of methoxy groups -OCH3 is 1. The number of carbonyl (C=O) groups excluding carboxylic acids is 1. The van der Waals surface area contributed by atoms with Gasteiger partial charge in [0.2, 0.25) is 5.82 Å². The van der Waals surface area contributed by atoms with Crippen molar-refractivity contribution in [2.45, 2.75) is 0 Å². The van der Waals surface area contributed by atoms with Crippen molar-refractivity contribution < 1.29 is 19.2 Å². The van der Waals surface area contributed by atoms with E-state index in [4.69, 9.17) is 9.47 Å². The van der Waals surface area contributed by atoms with Gasteiger partial charge in [0, 0.05) is 18.0 Å². The second kappa shape index (κ2) is 11.0. The molecule has 10 nitrogen and oxygen atoms in total. The van der Waals surface area contributed by atoms with E-state index in [1.807, 2.05) is 18.2 Å². The highest BCUT2D eigenvalue weighted by molar-refractivity contribution is 14.1. The van der Waals surface area contributed by atoms with Gasteiger partial charge >= 0.3 is 5.69 Å². The predicted molar refractivity (Wildman–Crippen MR) is 128 cm³/mol. The molecular weight excluding hydrogens is 529 g/mol. The number of carbonyl (C=O) groups is 1. The topological polar surface area (TPSA) is 128 Å². The number of ether oxygens (including phenoxy) is 2. The first-order chi connectivity index (χ1) is 15.5. The van der Waals surface area contributed by atoms with Crippen molar-refractivity contribution >= 4 is 51.9 Å². The number of amides is 1. The quantitative estimate of drug-likeness (QED) is 0.179. The molecule has 32 heavy (non-hydrogen) atoms. The van der Waals surface area contributed by atoms with Crippen molar-refractivity contribution in [3.8, 4) is 11.5 Å². The molecule has 1 aromatic heterocycles. The number of pyridine rings is 1. The van der Waals surface area contributed by atoms with Crippen LogP contribution in [0.2, 0.25) is 0 Å². The summed E-state index contributed by atoms with van der Waals surface area (Å²) in [7, 11) is 1.48. The smallest absolute Gasteiger partial charge is 0.313 e. The van der Waals surface area contributed by atoms with Crippen molar-refractivity contribution in [2.24, 2.45) is 5.10 Å². The Morgan fingerprint density at radius 2 is 2.03 bits per heavy atom. The lowest BCUT2D eigenvalue weighted by molar-refractivity contribution is -0.384. The standard InChI is InChI=1S/C21H18IN5O5/c1-31-18-11-14(12-24-26-21-17(27(29)30)8-5-9-23-21)10-16(22)20(18)32-13-19(28)25-15-6-3-2-4-7-15/h2-12H,13H2,1H3,(H,23,26)(H,25,28)/b24-12-. The zero-order chi connectivity index (χ0) is 22.9. The second-order valence-electron chi connectivity index (χ2n) is 6.24. The van der Waals surface area contributed by atoms with Crippen LogP contribution >= 0.6 is 22.6 Å². The number of nitrogens with one attached hydrogen (secondary N) is 2. The van der Waals surface area contributed by atoms with Crippen molar-refractivity contribution in [3.05, 3.63) is 80.0 Å². The minimum Gasteiger partial charge on any atom is -0.493 e. The summed E-state index contributed by atoms with van der Waals surface area (Å²) in [6.45, 7) is -0.195. The van der Waals surface area contributed by atoms with Crippen LogP contribution in [0.4, 0.5) is 17.2 Å². The number of halogens is 1. The van der Waals surface area contributed by atoms with Gasteiger partial charge in [0.05, 0.1) is 21.8 Å². The van der Waals surface area contributed by atoms with Crippen molar-refractivity contribution in [1.82, 2.24) is 4.98 Å². The molecular formula is C21H18IN5O5. The van der Waals surface area contributed by atoms with E-state index in [0.29, 0.717) is 26.3 Å². The van der Waals surface area contributed by atoms with Crippen LogP contribution in [0.1, 0.15) is 5.56 Å². The number of para-hydroxylation sites is 1. The maximum absolute atomic E-state index is 12.2. The van der Waals surface area contributed by atoms with Crippen LogP contribution in [0.15, 0.2) is 65.9 Å². The fourth-order valence-corrected chi connectivity index (χ4v) is 3.39. The maximum atomic E-state index is 12.2. The summed E-state index contributed by atoms with van der Waals surface area (Å²) in [6.07, 6.45) is 2.89. The first kappa shape index (κ1) is 22.9. The Kier molecular flexibility index (Phi) is 7.91.